The number of nitrogens with zero attached hydrogens (tertiary/aromatic N) is 3. The zero-order chi connectivity index (χ0) is 18.5. The molecular formula is C22H26N4O. The first-order valence-electron chi connectivity index (χ1n) is 9.83. The Kier molecular flexibility index (Phi) is 5.70. The number of fused-ring (bicyclic) bond motifs is 1. The van der Waals surface area contributed by atoms with Crippen molar-refractivity contribution in [3.05, 3.63) is 59.4 Å². The van der Waals surface area contributed by atoms with Crippen LogP contribution in [0.2, 0.25) is 0 Å². The predicted molar refractivity (Wildman–Crippen MR) is 108 cm³/mol. The van der Waals surface area contributed by atoms with Gasteiger partial charge in [0.15, 0.2) is 5.78 Å². The van der Waals surface area contributed by atoms with Crippen LogP contribution in [0.25, 0.3) is 0 Å². The monoisotopic (exact) mass is 362 g/mol. The highest BCUT2D eigenvalue weighted by molar-refractivity contribution is 6.10. The van der Waals surface area contributed by atoms with Crippen LogP contribution in [0, 0.1) is 0 Å². The van der Waals surface area contributed by atoms with E-state index in [1.54, 1.807) is 18.5 Å². The highest BCUT2D eigenvalue weighted by Gasteiger charge is 2.23. The van der Waals surface area contributed by atoms with E-state index in [0.717, 1.165) is 31.0 Å². The number of hydrogen-bond donors (Lipinski definition) is 1. The van der Waals surface area contributed by atoms with Gasteiger partial charge in [-0.3, -0.25) is 19.7 Å². The molecule has 2 aliphatic rings. The fourth-order valence-electron chi connectivity index (χ4n) is 4.00. The van der Waals surface area contributed by atoms with Crippen molar-refractivity contribution in [2.24, 2.45) is 4.99 Å². The third kappa shape index (κ3) is 4.31. The molecule has 0 radical (unpaired) electrons. The topological polar surface area (TPSA) is 57.6 Å². The number of nitrogens with one attached hydrogen (secondary N) is 1. The van der Waals surface area contributed by atoms with Crippen LogP contribution in [0.5, 0.6) is 0 Å². The third-order valence-corrected chi connectivity index (χ3v) is 5.45. The van der Waals surface area contributed by atoms with Crippen LogP contribution in [0.15, 0.2) is 47.6 Å². The summed E-state index contributed by atoms with van der Waals surface area (Å²) in [5.74, 6) is 0.130. The summed E-state index contributed by atoms with van der Waals surface area (Å²) in [4.78, 5) is 23.5. The zero-order valence-corrected chi connectivity index (χ0v) is 15.6. The smallest absolute Gasteiger partial charge is 0.170 e. The number of carbonyl (C=O) groups excluding carboxylic acids is 1. The van der Waals surface area contributed by atoms with E-state index in [1.165, 1.54) is 24.8 Å². The van der Waals surface area contributed by atoms with Crippen molar-refractivity contribution in [1.82, 2.24) is 15.2 Å². The van der Waals surface area contributed by atoms with Crippen LogP contribution in [-0.2, 0) is 13.1 Å². The van der Waals surface area contributed by atoms with Gasteiger partial charge in [-0.2, -0.15) is 0 Å². The van der Waals surface area contributed by atoms with Gasteiger partial charge in [0, 0.05) is 50.1 Å². The Balaban J connectivity index is 1.37. The Labute approximate surface area is 160 Å². The molecule has 0 amide bonds. The summed E-state index contributed by atoms with van der Waals surface area (Å²) in [5.41, 5.74) is 3.68. The number of ketones is 1. The molecule has 0 aliphatic carbocycles. The van der Waals surface area contributed by atoms with Crippen molar-refractivity contribution in [2.45, 2.75) is 44.8 Å². The summed E-state index contributed by atoms with van der Waals surface area (Å²) in [6.45, 7) is 3.73. The predicted octanol–water partition coefficient (Wildman–Crippen LogP) is 3.51. The molecular weight excluding hydrogens is 336 g/mol. The van der Waals surface area contributed by atoms with E-state index in [1.807, 2.05) is 0 Å². The van der Waals surface area contributed by atoms with E-state index in [4.69, 9.17) is 0 Å². The summed E-state index contributed by atoms with van der Waals surface area (Å²) in [6.07, 6.45) is 7.58. The zero-order valence-electron chi connectivity index (χ0n) is 15.6. The van der Waals surface area contributed by atoms with Crippen molar-refractivity contribution in [3.8, 4) is 0 Å². The second-order valence-corrected chi connectivity index (χ2v) is 7.33. The first-order valence-corrected chi connectivity index (χ1v) is 9.83. The summed E-state index contributed by atoms with van der Waals surface area (Å²) in [5, 5.41) is 3.56. The summed E-state index contributed by atoms with van der Waals surface area (Å²) < 4.78 is 0. The molecule has 1 atom stereocenters. The minimum atomic E-state index is 0.130. The Hall–Kier alpha value is -2.37. The Morgan fingerprint density at radius 1 is 1.15 bits per heavy atom. The first-order chi connectivity index (χ1) is 13.3. The molecule has 5 heteroatoms. The Morgan fingerprint density at radius 2 is 2.04 bits per heavy atom. The fourth-order valence-corrected chi connectivity index (χ4v) is 4.00. The number of pyridine rings is 1. The second-order valence-electron chi connectivity index (χ2n) is 7.33. The molecule has 1 unspecified atom stereocenters. The van der Waals surface area contributed by atoms with E-state index in [-0.39, 0.29) is 5.78 Å². The Morgan fingerprint density at radius 3 is 2.93 bits per heavy atom. The molecule has 0 saturated carbocycles. The van der Waals surface area contributed by atoms with E-state index in [2.05, 4.69) is 50.5 Å². The van der Waals surface area contributed by atoms with Crippen molar-refractivity contribution in [1.29, 1.82) is 0 Å². The summed E-state index contributed by atoms with van der Waals surface area (Å²) in [7, 11) is 0. The minimum absolute atomic E-state index is 0.130. The Bertz CT molecular complexity index is 818. The van der Waals surface area contributed by atoms with E-state index in [9.17, 15) is 4.79 Å². The van der Waals surface area contributed by atoms with Gasteiger partial charge in [0.1, 0.15) is 0 Å². The number of Topliss-reactive ketones (excluding diaryl/α,β-unsaturated/α-hetero) is 1. The SMILES string of the molecule is O=C1CC=Nc2c1ccnc2CNCC1CCCCN1Cc1ccccc1. The van der Waals surface area contributed by atoms with E-state index >= 15 is 0 Å². The number of rotatable bonds is 6. The van der Waals surface area contributed by atoms with Gasteiger partial charge in [0.2, 0.25) is 0 Å². The van der Waals surface area contributed by atoms with Gasteiger partial charge in [-0.15, -0.1) is 0 Å². The molecule has 5 nitrogen and oxygen atoms in total. The first kappa shape index (κ1) is 18.0. The van der Waals surface area contributed by atoms with Crippen LogP contribution < -0.4 is 5.32 Å². The highest BCUT2D eigenvalue weighted by atomic mass is 16.1. The van der Waals surface area contributed by atoms with Gasteiger partial charge in [-0.05, 0) is 31.0 Å². The quantitative estimate of drug-likeness (QED) is 0.854. The van der Waals surface area contributed by atoms with Crippen LogP contribution in [0.3, 0.4) is 0 Å². The lowest BCUT2D eigenvalue weighted by Gasteiger charge is -2.36. The lowest BCUT2D eigenvalue weighted by atomic mass is 10.0. The van der Waals surface area contributed by atoms with Crippen LogP contribution in [0.1, 0.15) is 47.3 Å². The van der Waals surface area contributed by atoms with E-state index in [0.29, 0.717) is 24.6 Å². The molecule has 3 heterocycles. The number of likely N-dealkylation sites (tertiary alicyclic amines) is 1. The standard InChI is InChI=1S/C22H26N4O/c27-21-10-12-25-22-19(21)9-11-24-20(22)15-23-14-18-8-4-5-13-26(18)16-17-6-2-1-3-7-17/h1-3,6-7,9,11-12,18,23H,4-5,8,10,13-16H2. The average Bonchev–Trinajstić information content (AvgIpc) is 2.71. The van der Waals surface area contributed by atoms with Gasteiger partial charge >= 0.3 is 0 Å². The van der Waals surface area contributed by atoms with Crippen LogP contribution in [-0.4, -0.2) is 41.0 Å². The molecule has 1 saturated heterocycles. The lowest BCUT2D eigenvalue weighted by molar-refractivity contribution is 0.100. The number of hydrogen-bond acceptors (Lipinski definition) is 5. The van der Waals surface area contributed by atoms with Crippen molar-refractivity contribution in [2.75, 3.05) is 13.1 Å². The molecule has 1 N–H and O–H groups in total. The second kappa shape index (κ2) is 8.55. The molecule has 4 rings (SSSR count). The number of aliphatic imine (C=N–C) groups is 1. The molecule has 2 aliphatic heterocycles. The molecule has 27 heavy (non-hydrogen) atoms. The largest absolute Gasteiger partial charge is 0.310 e. The highest BCUT2D eigenvalue weighted by Crippen LogP contribution is 2.26. The van der Waals surface area contributed by atoms with Crippen LogP contribution >= 0.6 is 0 Å². The number of piperidine rings is 1. The van der Waals surface area contributed by atoms with Crippen molar-refractivity contribution >= 4 is 17.7 Å². The van der Waals surface area contributed by atoms with E-state index < -0.39 is 0 Å². The fraction of sp³-hybridized carbons (Fsp3) is 0.409. The van der Waals surface area contributed by atoms with Gasteiger partial charge in [0.25, 0.3) is 0 Å². The van der Waals surface area contributed by atoms with Gasteiger partial charge in [-0.25, -0.2) is 0 Å². The maximum Gasteiger partial charge on any atom is 0.170 e. The number of aromatic nitrogens is 1. The average molecular weight is 362 g/mol. The molecule has 2 aromatic rings. The van der Waals surface area contributed by atoms with Crippen molar-refractivity contribution in [3.63, 3.8) is 0 Å². The molecule has 0 spiro atoms. The molecule has 0 bridgehead atoms. The minimum Gasteiger partial charge on any atom is -0.310 e. The number of benzene rings is 1. The van der Waals surface area contributed by atoms with Crippen molar-refractivity contribution < 1.29 is 4.79 Å². The molecule has 1 fully saturated rings. The maximum absolute atomic E-state index is 12.0. The third-order valence-electron chi connectivity index (χ3n) is 5.45. The summed E-state index contributed by atoms with van der Waals surface area (Å²) >= 11 is 0. The normalized spacial score (nSPS) is 19.9. The maximum atomic E-state index is 12.0. The van der Waals surface area contributed by atoms with Gasteiger partial charge in [-0.1, -0.05) is 36.8 Å². The van der Waals surface area contributed by atoms with Gasteiger partial charge in [0.05, 0.1) is 11.4 Å². The summed E-state index contributed by atoms with van der Waals surface area (Å²) in [6, 6.07) is 13.0. The molecule has 1 aromatic carbocycles. The number of carbonyl (C=O) groups is 1. The molecule has 140 valence electrons. The lowest BCUT2D eigenvalue weighted by Crippen LogP contribution is -2.44. The van der Waals surface area contributed by atoms with Gasteiger partial charge < -0.3 is 5.32 Å². The van der Waals surface area contributed by atoms with Crippen LogP contribution in [0.4, 0.5) is 5.69 Å². The molecule has 1 aromatic heterocycles.